The second-order valence-electron chi connectivity index (χ2n) is 5.58. The summed E-state index contributed by atoms with van der Waals surface area (Å²) in [5, 5.41) is 2.84. The van der Waals surface area contributed by atoms with E-state index in [-0.39, 0.29) is 5.82 Å². The molecule has 0 N–H and O–H groups in total. The number of ether oxygens (including phenoxy) is 3. The Kier molecular flexibility index (Phi) is 4.52. The van der Waals surface area contributed by atoms with Crippen LogP contribution in [0.1, 0.15) is 11.4 Å². The predicted octanol–water partition coefficient (Wildman–Crippen LogP) is 4.69. The molecule has 1 aliphatic rings. The molecule has 0 amide bonds. The van der Waals surface area contributed by atoms with Crippen LogP contribution in [0.25, 0.3) is 11.3 Å². The third kappa shape index (κ3) is 3.74. The Bertz CT molecular complexity index is 863. The van der Waals surface area contributed by atoms with Crippen molar-refractivity contribution in [1.29, 1.82) is 0 Å². The van der Waals surface area contributed by atoms with Crippen molar-refractivity contribution in [3.05, 3.63) is 58.7 Å². The molecular formula is C19H16FNO3S. The lowest BCUT2D eigenvalue weighted by Gasteiger charge is -2.08. The van der Waals surface area contributed by atoms with Gasteiger partial charge < -0.3 is 14.2 Å². The molecule has 4 rings (SSSR count). The van der Waals surface area contributed by atoms with Gasteiger partial charge in [-0.1, -0.05) is 0 Å². The Morgan fingerprint density at radius 1 is 1.04 bits per heavy atom. The van der Waals surface area contributed by atoms with Crippen molar-refractivity contribution in [3.63, 3.8) is 0 Å². The van der Waals surface area contributed by atoms with Crippen molar-refractivity contribution in [2.45, 2.75) is 13.0 Å². The first-order chi connectivity index (χ1) is 12.3. The van der Waals surface area contributed by atoms with E-state index in [0.717, 1.165) is 34.2 Å². The van der Waals surface area contributed by atoms with E-state index in [1.54, 1.807) is 12.1 Å². The minimum atomic E-state index is -0.279. The van der Waals surface area contributed by atoms with E-state index in [4.69, 9.17) is 14.2 Å². The lowest BCUT2D eigenvalue weighted by molar-refractivity contribution is 0.297. The van der Waals surface area contributed by atoms with E-state index in [2.05, 4.69) is 4.98 Å². The monoisotopic (exact) mass is 357 g/mol. The van der Waals surface area contributed by atoms with Crippen LogP contribution in [-0.4, -0.2) is 18.2 Å². The first-order valence-corrected chi connectivity index (χ1v) is 8.89. The molecule has 0 saturated carbocycles. The van der Waals surface area contributed by atoms with Gasteiger partial charge in [-0.05, 0) is 42.5 Å². The average Bonchev–Trinajstić information content (AvgIpc) is 2.98. The van der Waals surface area contributed by atoms with Crippen LogP contribution in [0.5, 0.6) is 17.2 Å². The second kappa shape index (κ2) is 7.11. The van der Waals surface area contributed by atoms with Crippen molar-refractivity contribution in [2.24, 2.45) is 0 Å². The molecule has 2 aromatic carbocycles. The van der Waals surface area contributed by atoms with Gasteiger partial charge in [0, 0.05) is 17.4 Å². The number of thiazole rings is 1. The molecule has 1 aliphatic heterocycles. The standard InChI is InChI=1S/C19H16FNO3S/c20-14-3-5-15(6-4-14)24-11-19-21-16(12-25-19)13-2-7-17-18(10-13)23-9-1-8-22-17/h2-7,10,12H,1,8-9,11H2. The summed E-state index contributed by atoms with van der Waals surface area (Å²) in [5.41, 5.74) is 1.85. The van der Waals surface area contributed by atoms with Gasteiger partial charge in [-0.2, -0.15) is 0 Å². The molecule has 2 heterocycles. The highest BCUT2D eigenvalue weighted by Crippen LogP contribution is 2.34. The maximum Gasteiger partial charge on any atom is 0.161 e. The Balaban J connectivity index is 1.47. The summed E-state index contributed by atoms with van der Waals surface area (Å²) >= 11 is 1.53. The molecule has 25 heavy (non-hydrogen) atoms. The maximum absolute atomic E-state index is 12.9. The maximum atomic E-state index is 12.9. The summed E-state index contributed by atoms with van der Waals surface area (Å²) in [7, 11) is 0. The average molecular weight is 357 g/mol. The first kappa shape index (κ1) is 15.9. The molecule has 6 heteroatoms. The fourth-order valence-corrected chi connectivity index (χ4v) is 3.22. The van der Waals surface area contributed by atoms with E-state index < -0.39 is 0 Å². The zero-order valence-corrected chi connectivity index (χ0v) is 14.2. The molecule has 0 radical (unpaired) electrons. The second-order valence-corrected chi connectivity index (χ2v) is 6.52. The van der Waals surface area contributed by atoms with Crippen LogP contribution < -0.4 is 14.2 Å². The number of halogens is 1. The Morgan fingerprint density at radius 2 is 1.84 bits per heavy atom. The minimum absolute atomic E-state index is 0.279. The highest BCUT2D eigenvalue weighted by atomic mass is 32.1. The highest BCUT2D eigenvalue weighted by molar-refractivity contribution is 7.09. The number of rotatable bonds is 4. The van der Waals surface area contributed by atoms with Crippen LogP contribution in [0.15, 0.2) is 47.8 Å². The van der Waals surface area contributed by atoms with E-state index >= 15 is 0 Å². The molecule has 128 valence electrons. The fraction of sp³-hybridized carbons (Fsp3) is 0.211. The fourth-order valence-electron chi connectivity index (χ4n) is 2.51. The van der Waals surface area contributed by atoms with Crippen molar-refractivity contribution >= 4 is 11.3 Å². The van der Waals surface area contributed by atoms with Gasteiger partial charge in [0.2, 0.25) is 0 Å². The third-order valence-corrected chi connectivity index (χ3v) is 4.59. The molecule has 0 bridgehead atoms. The van der Waals surface area contributed by atoms with Crippen LogP contribution in [0.3, 0.4) is 0 Å². The van der Waals surface area contributed by atoms with Gasteiger partial charge in [0.05, 0.1) is 18.9 Å². The molecule has 0 unspecified atom stereocenters. The summed E-state index contributed by atoms with van der Waals surface area (Å²) < 4.78 is 29.9. The molecule has 0 fully saturated rings. The van der Waals surface area contributed by atoms with Crippen LogP contribution in [0, 0.1) is 5.82 Å². The molecular weight excluding hydrogens is 341 g/mol. The summed E-state index contributed by atoms with van der Waals surface area (Å²) in [6, 6.07) is 11.8. The van der Waals surface area contributed by atoms with E-state index in [1.165, 1.54) is 23.5 Å². The van der Waals surface area contributed by atoms with Crippen LogP contribution in [0.2, 0.25) is 0 Å². The predicted molar refractivity (Wildman–Crippen MR) is 93.9 cm³/mol. The number of hydrogen-bond donors (Lipinski definition) is 0. The Labute approximate surface area is 148 Å². The number of nitrogens with zero attached hydrogens (tertiary/aromatic N) is 1. The quantitative estimate of drug-likeness (QED) is 0.679. The summed E-state index contributed by atoms with van der Waals surface area (Å²) in [5.74, 6) is 1.87. The topological polar surface area (TPSA) is 40.6 Å². The number of aromatic nitrogens is 1. The minimum Gasteiger partial charge on any atom is -0.490 e. The molecule has 3 aromatic rings. The van der Waals surface area contributed by atoms with Gasteiger partial charge in [0.15, 0.2) is 11.5 Å². The van der Waals surface area contributed by atoms with Gasteiger partial charge in [0.25, 0.3) is 0 Å². The van der Waals surface area contributed by atoms with E-state index in [0.29, 0.717) is 25.6 Å². The Hall–Kier alpha value is -2.60. The molecule has 0 atom stereocenters. The van der Waals surface area contributed by atoms with Crippen molar-refractivity contribution < 1.29 is 18.6 Å². The van der Waals surface area contributed by atoms with Crippen LogP contribution >= 0.6 is 11.3 Å². The van der Waals surface area contributed by atoms with E-state index in [9.17, 15) is 4.39 Å². The van der Waals surface area contributed by atoms with Gasteiger partial charge in [-0.25, -0.2) is 9.37 Å². The van der Waals surface area contributed by atoms with Crippen molar-refractivity contribution in [1.82, 2.24) is 4.98 Å². The summed E-state index contributed by atoms with van der Waals surface area (Å²) in [6.07, 6.45) is 0.881. The smallest absolute Gasteiger partial charge is 0.161 e. The summed E-state index contributed by atoms with van der Waals surface area (Å²) in [6.45, 7) is 1.68. The molecule has 0 saturated heterocycles. The SMILES string of the molecule is Fc1ccc(OCc2nc(-c3ccc4c(c3)OCCCO4)cs2)cc1. The van der Waals surface area contributed by atoms with Gasteiger partial charge >= 0.3 is 0 Å². The first-order valence-electron chi connectivity index (χ1n) is 8.01. The highest BCUT2D eigenvalue weighted by Gasteiger charge is 2.13. The molecule has 0 aliphatic carbocycles. The number of benzene rings is 2. The van der Waals surface area contributed by atoms with E-state index in [1.807, 2.05) is 23.6 Å². The molecule has 1 aromatic heterocycles. The normalized spacial score (nSPS) is 13.3. The molecule has 4 nitrogen and oxygen atoms in total. The van der Waals surface area contributed by atoms with Crippen LogP contribution in [0.4, 0.5) is 4.39 Å². The number of fused-ring (bicyclic) bond motifs is 1. The lowest BCUT2D eigenvalue weighted by Crippen LogP contribution is -1.97. The zero-order chi connectivity index (χ0) is 17.1. The largest absolute Gasteiger partial charge is 0.490 e. The van der Waals surface area contributed by atoms with Gasteiger partial charge in [-0.15, -0.1) is 11.3 Å². The lowest BCUT2D eigenvalue weighted by atomic mass is 10.1. The van der Waals surface area contributed by atoms with Gasteiger partial charge in [0.1, 0.15) is 23.2 Å². The van der Waals surface area contributed by atoms with Crippen molar-refractivity contribution in [2.75, 3.05) is 13.2 Å². The number of hydrogen-bond acceptors (Lipinski definition) is 5. The zero-order valence-electron chi connectivity index (χ0n) is 13.4. The third-order valence-electron chi connectivity index (χ3n) is 3.77. The van der Waals surface area contributed by atoms with Crippen LogP contribution in [-0.2, 0) is 6.61 Å². The summed E-state index contributed by atoms with van der Waals surface area (Å²) in [4.78, 5) is 4.61. The van der Waals surface area contributed by atoms with Gasteiger partial charge in [-0.3, -0.25) is 0 Å². The van der Waals surface area contributed by atoms with Crippen molar-refractivity contribution in [3.8, 4) is 28.5 Å². The molecule has 0 spiro atoms. The Morgan fingerprint density at radius 3 is 2.68 bits per heavy atom.